The first-order valence-corrected chi connectivity index (χ1v) is 7.84. The molecule has 0 fully saturated rings. The first-order valence-electron chi connectivity index (χ1n) is 7.02. The predicted molar refractivity (Wildman–Crippen MR) is 88.0 cm³/mol. The molecule has 0 saturated carbocycles. The summed E-state index contributed by atoms with van der Waals surface area (Å²) in [7, 11) is 1.66. The Morgan fingerprint density at radius 2 is 1.71 bits per heavy atom. The Kier molecular flexibility index (Phi) is 4.13. The van der Waals surface area contributed by atoms with Crippen molar-refractivity contribution < 1.29 is 9.84 Å². The summed E-state index contributed by atoms with van der Waals surface area (Å²) in [4.78, 5) is 5.72. The Balaban J connectivity index is 2.65. The highest BCUT2D eigenvalue weighted by atomic mass is 32.1. The molecule has 3 nitrogen and oxygen atoms in total. The quantitative estimate of drug-likeness (QED) is 0.917. The SMILES string of the molecule is COc1ccccc1-c1nc(C(C)(C)C)c(C(C)(C)O)s1. The highest BCUT2D eigenvalue weighted by Gasteiger charge is 2.31. The highest BCUT2D eigenvalue weighted by Crippen LogP contribution is 2.41. The molecule has 0 aliphatic rings. The number of ether oxygens (including phenoxy) is 1. The monoisotopic (exact) mass is 305 g/mol. The molecule has 0 amide bonds. The third-order valence-electron chi connectivity index (χ3n) is 3.23. The van der Waals surface area contributed by atoms with E-state index in [-0.39, 0.29) is 5.41 Å². The predicted octanol–water partition coefficient (Wildman–Crippen LogP) is 4.34. The van der Waals surface area contributed by atoms with Crippen LogP contribution < -0.4 is 4.74 Å². The van der Waals surface area contributed by atoms with Gasteiger partial charge in [0.15, 0.2) is 0 Å². The molecule has 0 spiro atoms. The molecule has 0 aliphatic carbocycles. The minimum atomic E-state index is -0.902. The van der Waals surface area contributed by atoms with E-state index < -0.39 is 5.60 Å². The van der Waals surface area contributed by atoms with Crippen molar-refractivity contribution in [3.05, 3.63) is 34.8 Å². The molecule has 1 heterocycles. The molecule has 0 atom stereocenters. The molecule has 4 heteroatoms. The average Bonchev–Trinajstić information content (AvgIpc) is 2.83. The van der Waals surface area contributed by atoms with Crippen molar-refractivity contribution in [1.82, 2.24) is 4.98 Å². The van der Waals surface area contributed by atoms with Gasteiger partial charge in [-0.2, -0.15) is 0 Å². The van der Waals surface area contributed by atoms with E-state index in [4.69, 9.17) is 9.72 Å². The number of methoxy groups -OCH3 is 1. The van der Waals surface area contributed by atoms with Crippen molar-refractivity contribution in [3.63, 3.8) is 0 Å². The van der Waals surface area contributed by atoms with Gasteiger partial charge >= 0.3 is 0 Å². The fraction of sp³-hybridized carbons (Fsp3) is 0.471. The van der Waals surface area contributed by atoms with Crippen molar-refractivity contribution in [2.45, 2.75) is 45.6 Å². The summed E-state index contributed by atoms with van der Waals surface area (Å²) >= 11 is 1.53. The Bertz CT molecular complexity index is 601. The standard InChI is InChI=1S/C17H23NO2S/c1-16(2,3)13-14(17(4,5)19)21-15(18-13)11-9-7-8-10-12(11)20-6/h7-10,19H,1-6H3. The topological polar surface area (TPSA) is 42.4 Å². The number of benzene rings is 1. The lowest BCUT2D eigenvalue weighted by Gasteiger charge is -2.23. The van der Waals surface area contributed by atoms with Gasteiger partial charge in [-0.3, -0.25) is 0 Å². The number of aromatic nitrogens is 1. The van der Waals surface area contributed by atoms with E-state index in [1.54, 1.807) is 7.11 Å². The summed E-state index contributed by atoms with van der Waals surface area (Å²) in [6.45, 7) is 9.96. The van der Waals surface area contributed by atoms with E-state index in [1.807, 2.05) is 38.1 Å². The van der Waals surface area contributed by atoms with E-state index >= 15 is 0 Å². The normalized spacial score (nSPS) is 12.5. The van der Waals surface area contributed by atoms with Crippen molar-refractivity contribution in [2.24, 2.45) is 0 Å². The maximum Gasteiger partial charge on any atom is 0.129 e. The molecule has 21 heavy (non-hydrogen) atoms. The number of thiazole rings is 1. The van der Waals surface area contributed by atoms with E-state index in [9.17, 15) is 5.11 Å². The van der Waals surface area contributed by atoms with Crippen LogP contribution in [0.15, 0.2) is 24.3 Å². The fourth-order valence-corrected chi connectivity index (χ4v) is 3.49. The molecular weight excluding hydrogens is 282 g/mol. The number of aliphatic hydroxyl groups is 1. The number of hydrogen-bond acceptors (Lipinski definition) is 4. The average molecular weight is 305 g/mol. The zero-order valence-corrected chi connectivity index (χ0v) is 14.3. The molecule has 0 aliphatic heterocycles. The minimum Gasteiger partial charge on any atom is -0.496 e. The Hall–Kier alpha value is -1.39. The van der Waals surface area contributed by atoms with Crippen LogP contribution >= 0.6 is 11.3 Å². The third-order valence-corrected chi connectivity index (χ3v) is 4.63. The summed E-state index contributed by atoms with van der Waals surface area (Å²) in [5, 5.41) is 11.3. The van der Waals surface area contributed by atoms with Gasteiger partial charge in [0.1, 0.15) is 10.8 Å². The third kappa shape index (κ3) is 3.27. The maximum absolute atomic E-state index is 10.5. The van der Waals surface area contributed by atoms with E-state index in [2.05, 4.69) is 20.8 Å². The molecule has 1 aromatic carbocycles. The second kappa shape index (κ2) is 5.43. The van der Waals surface area contributed by atoms with Crippen molar-refractivity contribution in [2.75, 3.05) is 7.11 Å². The number of rotatable bonds is 3. The molecule has 1 aromatic heterocycles. The van der Waals surface area contributed by atoms with Crippen LogP contribution in [0.4, 0.5) is 0 Å². The van der Waals surface area contributed by atoms with E-state index in [0.717, 1.165) is 26.9 Å². The van der Waals surface area contributed by atoms with Crippen LogP contribution in [0.2, 0.25) is 0 Å². The maximum atomic E-state index is 10.5. The van der Waals surface area contributed by atoms with Crippen LogP contribution in [0.25, 0.3) is 10.6 Å². The zero-order valence-electron chi connectivity index (χ0n) is 13.5. The Morgan fingerprint density at radius 3 is 2.19 bits per heavy atom. The number of hydrogen-bond donors (Lipinski definition) is 1. The lowest BCUT2D eigenvalue weighted by atomic mass is 9.88. The second-order valence-electron chi connectivity index (χ2n) is 6.71. The van der Waals surface area contributed by atoms with Crippen LogP contribution in [0.3, 0.4) is 0 Å². The summed E-state index contributed by atoms with van der Waals surface area (Å²) in [6, 6.07) is 7.84. The molecular formula is C17H23NO2S. The van der Waals surface area contributed by atoms with E-state index in [0.29, 0.717) is 0 Å². The van der Waals surface area contributed by atoms with Gasteiger partial charge in [0.25, 0.3) is 0 Å². The fourth-order valence-electron chi connectivity index (χ4n) is 2.18. The van der Waals surface area contributed by atoms with Crippen LogP contribution in [0, 0.1) is 0 Å². The molecule has 2 aromatic rings. The first kappa shape index (κ1) is 16.0. The van der Waals surface area contributed by atoms with Crippen molar-refractivity contribution in [1.29, 1.82) is 0 Å². The van der Waals surface area contributed by atoms with Gasteiger partial charge in [-0.1, -0.05) is 32.9 Å². The van der Waals surface area contributed by atoms with Gasteiger partial charge in [-0.05, 0) is 26.0 Å². The van der Waals surface area contributed by atoms with E-state index in [1.165, 1.54) is 11.3 Å². The Morgan fingerprint density at radius 1 is 1.10 bits per heavy atom. The van der Waals surface area contributed by atoms with Crippen LogP contribution in [0.5, 0.6) is 5.75 Å². The molecule has 0 unspecified atom stereocenters. The molecule has 0 radical (unpaired) electrons. The van der Waals surface area contributed by atoms with Gasteiger partial charge < -0.3 is 9.84 Å². The smallest absolute Gasteiger partial charge is 0.129 e. The number of nitrogens with zero attached hydrogens (tertiary/aromatic N) is 1. The summed E-state index contributed by atoms with van der Waals surface area (Å²) in [5.74, 6) is 0.800. The molecule has 2 rings (SSSR count). The lowest BCUT2D eigenvalue weighted by molar-refractivity contribution is 0.0803. The van der Waals surface area contributed by atoms with Gasteiger partial charge in [0.05, 0.1) is 28.8 Å². The van der Waals surface area contributed by atoms with Gasteiger partial charge in [0.2, 0.25) is 0 Å². The van der Waals surface area contributed by atoms with Crippen LogP contribution in [-0.4, -0.2) is 17.2 Å². The largest absolute Gasteiger partial charge is 0.496 e. The van der Waals surface area contributed by atoms with Crippen LogP contribution in [0.1, 0.15) is 45.2 Å². The zero-order chi connectivity index (χ0) is 15.8. The summed E-state index contributed by atoms with van der Waals surface area (Å²) in [6.07, 6.45) is 0. The number of para-hydroxylation sites is 1. The molecule has 0 bridgehead atoms. The molecule has 0 saturated heterocycles. The summed E-state index contributed by atoms with van der Waals surface area (Å²) in [5.41, 5.74) is 0.888. The Labute approximate surface area is 130 Å². The lowest BCUT2D eigenvalue weighted by Crippen LogP contribution is -2.22. The van der Waals surface area contributed by atoms with Crippen molar-refractivity contribution in [3.8, 4) is 16.3 Å². The summed E-state index contributed by atoms with van der Waals surface area (Å²) < 4.78 is 5.42. The molecule has 114 valence electrons. The van der Waals surface area contributed by atoms with Gasteiger partial charge in [0, 0.05) is 5.41 Å². The van der Waals surface area contributed by atoms with Gasteiger partial charge in [-0.15, -0.1) is 11.3 Å². The minimum absolute atomic E-state index is 0.119. The highest BCUT2D eigenvalue weighted by molar-refractivity contribution is 7.15. The van der Waals surface area contributed by atoms with Gasteiger partial charge in [-0.25, -0.2) is 4.98 Å². The molecule has 1 N–H and O–H groups in total. The van der Waals surface area contributed by atoms with Crippen molar-refractivity contribution >= 4 is 11.3 Å². The first-order chi connectivity index (χ1) is 9.64. The van der Waals surface area contributed by atoms with Crippen LogP contribution in [-0.2, 0) is 11.0 Å². The second-order valence-corrected chi connectivity index (χ2v) is 7.71.